The van der Waals surface area contributed by atoms with Gasteiger partial charge in [0, 0.05) is 0 Å². The first-order valence-corrected chi connectivity index (χ1v) is 3.13. The Morgan fingerprint density at radius 3 is 2.40 bits per heavy atom. The monoisotopic (exact) mass is 209 g/mol. The number of benzene rings is 1. The van der Waals surface area contributed by atoms with E-state index in [4.69, 9.17) is 0 Å². The van der Waals surface area contributed by atoms with Crippen LogP contribution >= 0.6 is 15.9 Å². The van der Waals surface area contributed by atoms with Gasteiger partial charge in [0.2, 0.25) is 0 Å². The van der Waals surface area contributed by atoms with Crippen molar-refractivity contribution in [1.82, 2.24) is 0 Å². The Balaban J connectivity index is 3.31. The van der Waals surface area contributed by atoms with E-state index in [1.54, 1.807) is 6.07 Å². The van der Waals surface area contributed by atoms with E-state index < -0.39 is 17.5 Å². The first-order chi connectivity index (χ1) is 4.61. The molecule has 0 aliphatic rings. The van der Waals surface area contributed by atoms with Crippen LogP contribution in [0.3, 0.4) is 0 Å². The third-order valence-corrected chi connectivity index (χ3v) is 1.46. The van der Waals surface area contributed by atoms with Crippen molar-refractivity contribution in [3.63, 3.8) is 0 Å². The molecule has 1 radical (unpaired) electrons. The van der Waals surface area contributed by atoms with Crippen LogP contribution in [0.1, 0.15) is 0 Å². The predicted octanol–water partition coefficient (Wildman–Crippen LogP) is 2.67. The van der Waals surface area contributed by atoms with E-state index in [2.05, 4.69) is 15.9 Å². The summed E-state index contributed by atoms with van der Waals surface area (Å²) in [5, 5.41) is 0. The van der Waals surface area contributed by atoms with Crippen LogP contribution in [0.4, 0.5) is 13.2 Å². The van der Waals surface area contributed by atoms with Crippen molar-refractivity contribution in [3.05, 3.63) is 34.1 Å². The van der Waals surface area contributed by atoms with Gasteiger partial charge in [-0.1, -0.05) is 0 Å². The summed E-state index contributed by atoms with van der Waals surface area (Å²) in [6, 6.07) is 2.34. The first-order valence-electron chi connectivity index (χ1n) is 2.33. The molecule has 0 spiro atoms. The molecule has 0 atom stereocenters. The van der Waals surface area contributed by atoms with Crippen molar-refractivity contribution in [2.75, 3.05) is 0 Å². The molecule has 53 valence electrons. The van der Waals surface area contributed by atoms with Gasteiger partial charge in [0.05, 0.1) is 10.5 Å². The number of hydrogen-bond donors (Lipinski definition) is 0. The summed E-state index contributed by atoms with van der Waals surface area (Å²) in [5.74, 6) is -3.36. The third-order valence-electron chi connectivity index (χ3n) is 0.885. The van der Waals surface area contributed by atoms with Gasteiger partial charge in [-0.2, -0.15) is 0 Å². The Morgan fingerprint density at radius 2 is 1.90 bits per heavy atom. The highest BCUT2D eigenvalue weighted by atomic mass is 79.9. The molecule has 0 saturated heterocycles. The summed E-state index contributed by atoms with van der Waals surface area (Å²) in [5.41, 5.74) is 0. The van der Waals surface area contributed by atoms with E-state index in [1.165, 1.54) is 0 Å². The first kappa shape index (κ1) is 7.60. The van der Waals surface area contributed by atoms with Gasteiger partial charge >= 0.3 is 0 Å². The minimum Gasteiger partial charge on any atom is -0.206 e. The average molecular weight is 210 g/mol. The van der Waals surface area contributed by atoms with Crippen LogP contribution in [0.25, 0.3) is 0 Å². The van der Waals surface area contributed by atoms with E-state index in [0.717, 1.165) is 6.07 Å². The zero-order chi connectivity index (χ0) is 7.72. The Kier molecular flexibility index (Phi) is 1.99. The van der Waals surface area contributed by atoms with Gasteiger partial charge in [0.15, 0.2) is 11.6 Å². The molecule has 0 aromatic heterocycles. The minimum absolute atomic E-state index is 0.235. The van der Waals surface area contributed by atoms with Crippen molar-refractivity contribution in [1.29, 1.82) is 0 Å². The summed E-state index contributed by atoms with van der Waals surface area (Å²) in [6.45, 7) is 0. The Bertz CT molecular complexity index is 236. The molecule has 1 rings (SSSR count). The van der Waals surface area contributed by atoms with Gasteiger partial charge in [-0.3, -0.25) is 0 Å². The Hall–Kier alpha value is -0.510. The van der Waals surface area contributed by atoms with Gasteiger partial charge in [-0.05, 0) is 22.0 Å². The smallest absolute Gasteiger partial charge is 0.173 e. The van der Waals surface area contributed by atoms with Gasteiger partial charge in [-0.15, -0.1) is 0 Å². The molecule has 0 N–H and O–H groups in total. The van der Waals surface area contributed by atoms with Crippen molar-refractivity contribution < 1.29 is 13.2 Å². The van der Waals surface area contributed by atoms with Crippen LogP contribution in [-0.2, 0) is 0 Å². The van der Waals surface area contributed by atoms with Crippen LogP contribution in [0.5, 0.6) is 0 Å². The van der Waals surface area contributed by atoms with Gasteiger partial charge in [0.25, 0.3) is 0 Å². The topological polar surface area (TPSA) is 0 Å². The number of hydrogen-bond acceptors (Lipinski definition) is 0. The lowest BCUT2D eigenvalue weighted by Crippen LogP contribution is -1.87. The largest absolute Gasteiger partial charge is 0.206 e. The highest BCUT2D eigenvalue weighted by Crippen LogP contribution is 2.18. The second kappa shape index (κ2) is 2.62. The van der Waals surface area contributed by atoms with E-state index in [9.17, 15) is 13.2 Å². The molecule has 0 aliphatic heterocycles. The summed E-state index contributed by atoms with van der Waals surface area (Å²) in [6.07, 6.45) is 0. The van der Waals surface area contributed by atoms with E-state index in [-0.39, 0.29) is 4.47 Å². The predicted molar refractivity (Wildman–Crippen MR) is 32.9 cm³/mol. The highest BCUT2D eigenvalue weighted by molar-refractivity contribution is 9.10. The van der Waals surface area contributed by atoms with E-state index in [1.807, 2.05) is 0 Å². The van der Waals surface area contributed by atoms with Crippen LogP contribution in [0, 0.1) is 23.5 Å². The number of halogens is 4. The molecule has 1 aromatic carbocycles. The van der Waals surface area contributed by atoms with Gasteiger partial charge in [0.1, 0.15) is 5.82 Å². The fourth-order valence-electron chi connectivity index (χ4n) is 0.475. The summed E-state index contributed by atoms with van der Waals surface area (Å²) in [7, 11) is 0. The van der Waals surface area contributed by atoms with Crippen LogP contribution in [0.2, 0.25) is 0 Å². The standard InChI is InChI=1S/C6HBrF3/c7-4-1-3(8)2-5(9)6(4)10/h1H. The lowest BCUT2D eigenvalue weighted by molar-refractivity contribution is 0.488. The summed E-state index contributed by atoms with van der Waals surface area (Å²) < 4.78 is 36.3. The molecule has 0 unspecified atom stereocenters. The van der Waals surface area contributed by atoms with Crippen LogP contribution in [-0.4, -0.2) is 0 Å². The average Bonchev–Trinajstić information content (AvgIpc) is 1.82. The lowest BCUT2D eigenvalue weighted by Gasteiger charge is -1.93. The Labute approximate surface area is 63.8 Å². The van der Waals surface area contributed by atoms with Gasteiger partial charge < -0.3 is 0 Å². The molecular weight excluding hydrogens is 209 g/mol. The number of rotatable bonds is 0. The van der Waals surface area contributed by atoms with E-state index >= 15 is 0 Å². The van der Waals surface area contributed by atoms with E-state index in [0.29, 0.717) is 0 Å². The normalized spacial score (nSPS) is 10.0. The molecule has 0 fully saturated rings. The quantitative estimate of drug-likeness (QED) is 0.456. The second-order valence-electron chi connectivity index (χ2n) is 1.59. The van der Waals surface area contributed by atoms with Gasteiger partial charge in [-0.25, -0.2) is 13.2 Å². The highest BCUT2D eigenvalue weighted by Gasteiger charge is 2.07. The van der Waals surface area contributed by atoms with Crippen LogP contribution in [0.15, 0.2) is 10.5 Å². The maximum atomic E-state index is 12.3. The maximum Gasteiger partial charge on any atom is 0.173 e. The molecule has 0 saturated carbocycles. The van der Waals surface area contributed by atoms with Crippen molar-refractivity contribution in [2.24, 2.45) is 0 Å². The molecule has 0 heterocycles. The molecule has 10 heavy (non-hydrogen) atoms. The zero-order valence-electron chi connectivity index (χ0n) is 4.59. The van der Waals surface area contributed by atoms with Crippen molar-refractivity contribution in [2.45, 2.75) is 0 Å². The molecule has 0 aliphatic carbocycles. The lowest BCUT2D eigenvalue weighted by atomic mass is 10.3. The van der Waals surface area contributed by atoms with Crippen molar-refractivity contribution >= 4 is 15.9 Å². The molecule has 0 bridgehead atoms. The maximum absolute atomic E-state index is 12.3. The fourth-order valence-corrected chi connectivity index (χ4v) is 0.850. The molecule has 1 aromatic rings. The SMILES string of the molecule is Fc1[c]c(F)c(F)c(Br)c1. The summed E-state index contributed by atoms with van der Waals surface area (Å²) >= 11 is 2.62. The molecule has 0 nitrogen and oxygen atoms in total. The minimum atomic E-state index is -1.31. The summed E-state index contributed by atoms with van der Waals surface area (Å²) in [4.78, 5) is 0. The second-order valence-corrected chi connectivity index (χ2v) is 2.45. The molecule has 4 heteroatoms. The molecule has 0 amide bonds. The van der Waals surface area contributed by atoms with Crippen LogP contribution < -0.4 is 0 Å². The Morgan fingerprint density at radius 1 is 1.30 bits per heavy atom. The fraction of sp³-hybridized carbons (Fsp3) is 0. The zero-order valence-corrected chi connectivity index (χ0v) is 6.18. The van der Waals surface area contributed by atoms with Crippen molar-refractivity contribution in [3.8, 4) is 0 Å². The molecular formula is C6HBrF3. The third kappa shape index (κ3) is 1.31.